The highest BCUT2D eigenvalue weighted by Crippen LogP contribution is 2.30. The Morgan fingerprint density at radius 1 is 0.786 bits per heavy atom. The van der Waals surface area contributed by atoms with Gasteiger partial charge in [0.25, 0.3) is 5.91 Å². The number of halogens is 1. The SMILES string of the molecule is O=C(Nc1ccc(F)cc1)C(Oc1cccc2ccccc12)c1ccccc1. The van der Waals surface area contributed by atoms with Gasteiger partial charge >= 0.3 is 0 Å². The topological polar surface area (TPSA) is 38.3 Å². The molecule has 1 amide bonds. The van der Waals surface area contributed by atoms with Crippen molar-refractivity contribution >= 4 is 22.4 Å². The quantitative estimate of drug-likeness (QED) is 0.486. The van der Waals surface area contributed by atoms with Crippen LogP contribution in [0.2, 0.25) is 0 Å². The van der Waals surface area contributed by atoms with Gasteiger partial charge in [0, 0.05) is 16.6 Å². The van der Waals surface area contributed by atoms with E-state index < -0.39 is 6.10 Å². The molecule has 28 heavy (non-hydrogen) atoms. The second-order valence-corrected chi connectivity index (χ2v) is 6.38. The van der Waals surface area contributed by atoms with Gasteiger partial charge in [0.2, 0.25) is 6.10 Å². The number of fused-ring (bicyclic) bond motifs is 1. The van der Waals surface area contributed by atoms with E-state index in [2.05, 4.69) is 5.32 Å². The van der Waals surface area contributed by atoms with Crippen molar-refractivity contribution in [3.05, 3.63) is 108 Å². The van der Waals surface area contributed by atoms with E-state index in [1.807, 2.05) is 72.8 Å². The van der Waals surface area contributed by atoms with Crippen molar-refractivity contribution in [2.24, 2.45) is 0 Å². The molecule has 0 saturated carbocycles. The van der Waals surface area contributed by atoms with Crippen molar-refractivity contribution in [2.75, 3.05) is 5.32 Å². The lowest BCUT2D eigenvalue weighted by Crippen LogP contribution is -2.25. The van der Waals surface area contributed by atoms with Crippen LogP contribution >= 0.6 is 0 Å². The van der Waals surface area contributed by atoms with Gasteiger partial charge < -0.3 is 10.1 Å². The van der Waals surface area contributed by atoms with Gasteiger partial charge in [-0.2, -0.15) is 0 Å². The first-order valence-electron chi connectivity index (χ1n) is 8.96. The van der Waals surface area contributed by atoms with Crippen LogP contribution in [0.25, 0.3) is 10.8 Å². The van der Waals surface area contributed by atoms with Crippen LogP contribution in [-0.4, -0.2) is 5.91 Å². The number of ether oxygens (including phenoxy) is 1. The lowest BCUT2D eigenvalue weighted by Gasteiger charge is -2.20. The first-order valence-corrected chi connectivity index (χ1v) is 8.96. The van der Waals surface area contributed by atoms with E-state index in [-0.39, 0.29) is 11.7 Å². The summed E-state index contributed by atoms with van der Waals surface area (Å²) in [7, 11) is 0. The molecule has 138 valence electrons. The predicted molar refractivity (Wildman–Crippen MR) is 109 cm³/mol. The fraction of sp³-hybridized carbons (Fsp3) is 0.0417. The van der Waals surface area contributed by atoms with Crippen LogP contribution < -0.4 is 10.1 Å². The summed E-state index contributed by atoms with van der Waals surface area (Å²) < 4.78 is 19.3. The van der Waals surface area contributed by atoms with E-state index in [0.717, 1.165) is 16.3 Å². The number of nitrogens with one attached hydrogen (secondary N) is 1. The van der Waals surface area contributed by atoms with Crippen molar-refractivity contribution < 1.29 is 13.9 Å². The van der Waals surface area contributed by atoms with Crippen LogP contribution in [-0.2, 0) is 4.79 Å². The monoisotopic (exact) mass is 371 g/mol. The number of carbonyl (C=O) groups is 1. The molecule has 4 rings (SSSR count). The van der Waals surface area contributed by atoms with Gasteiger partial charge in [0.1, 0.15) is 11.6 Å². The molecule has 4 aromatic rings. The molecule has 0 aromatic heterocycles. The van der Waals surface area contributed by atoms with Gasteiger partial charge in [-0.15, -0.1) is 0 Å². The fourth-order valence-electron chi connectivity index (χ4n) is 3.07. The van der Waals surface area contributed by atoms with Crippen molar-refractivity contribution in [3.8, 4) is 5.75 Å². The van der Waals surface area contributed by atoms with Crippen LogP contribution in [0.5, 0.6) is 5.75 Å². The minimum atomic E-state index is -0.850. The molecule has 0 fully saturated rings. The summed E-state index contributed by atoms with van der Waals surface area (Å²) >= 11 is 0. The third-order valence-corrected chi connectivity index (χ3v) is 4.45. The molecule has 1 unspecified atom stereocenters. The van der Waals surface area contributed by atoms with Crippen LogP contribution in [0, 0.1) is 5.82 Å². The summed E-state index contributed by atoms with van der Waals surface area (Å²) in [6.45, 7) is 0. The Labute approximate surface area is 162 Å². The van der Waals surface area contributed by atoms with E-state index >= 15 is 0 Å². The summed E-state index contributed by atoms with van der Waals surface area (Å²) in [6.07, 6.45) is -0.850. The van der Waals surface area contributed by atoms with E-state index in [0.29, 0.717) is 11.4 Å². The molecule has 1 atom stereocenters. The van der Waals surface area contributed by atoms with Crippen molar-refractivity contribution in [1.29, 1.82) is 0 Å². The minimum absolute atomic E-state index is 0.328. The zero-order chi connectivity index (χ0) is 19.3. The molecule has 0 aliphatic carbocycles. The van der Waals surface area contributed by atoms with E-state index in [1.54, 1.807) is 0 Å². The van der Waals surface area contributed by atoms with Crippen LogP contribution in [0.3, 0.4) is 0 Å². The first-order chi connectivity index (χ1) is 13.7. The molecule has 0 saturated heterocycles. The predicted octanol–water partition coefficient (Wildman–Crippen LogP) is 5.74. The van der Waals surface area contributed by atoms with Gasteiger partial charge in [0.15, 0.2) is 0 Å². The zero-order valence-corrected chi connectivity index (χ0v) is 15.0. The lowest BCUT2D eigenvalue weighted by molar-refractivity contribution is -0.123. The molecule has 0 radical (unpaired) electrons. The number of carbonyl (C=O) groups excluding carboxylic acids is 1. The third-order valence-electron chi connectivity index (χ3n) is 4.45. The van der Waals surface area contributed by atoms with Crippen molar-refractivity contribution in [3.63, 3.8) is 0 Å². The highest BCUT2D eigenvalue weighted by atomic mass is 19.1. The van der Waals surface area contributed by atoms with E-state index in [9.17, 15) is 9.18 Å². The average molecular weight is 371 g/mol. The third kappa shape index (κ3) is 3.86. The molecule has 0 aliphatic rings. The Kier molecular flexibility index (Phi) is 5.02. The normalized spacial score (nSPS) is 11.8. The Bertz CT molecular complexity index is 1090. The summed E-state index contributed by atoms with van der Waals surface area (Å²) in [6, 6.07) is 28.6. The standard InChI is InChI=1S/C24H18FNO2/c25-19-13-15-20(16-14-19)26-24(27)23(18-8-2-1-3-9-18)28-22-12-6-10-17-7-4-5-11-21(17)22/h1-16,23H,(H,26,27). The Hall–Kier alpha value is -3.66. The van der Waals surface area contributed by atoms with E-state index in [1.165, 1.54) is 24.3 Å². The number of amides is 1. The second kappa shape index (κ2) is 7.92. The fourth-order valence-corrected chi connectivity index (χ4v) is 3.07. The molecule has 0 bridgehead atoms. The molecule has 0 heterocycles. The molecule has 0 aliphatic heterocycles. The summed E-state index contributed by atoms with van der Waals surface area (Å²) in [5.74, 6) is -0.0587. The van der Waals surface area contributed by atoms with Gasteiger partial charge in [-0.25, -0.2) is 4.39 Å². The molecule has 4 aromatic carbocycles. The zero-order valence-electron chi connectivity index (χ0n) is 15.0. The van der Waals surface area contributed by atoms with E-state index in [4.69, 9.17) is 4.74 Å². The maximum absolute atomic E-state index is 13.1. The second-order valence-electron chi connectivity index (χ2n) is 6.38. The molecular weight excluding hydrogens is 353 g/mol. The van der Waals surface area contributed by atoms with Crippen molar-refractivity contribution in [1.82, 2.24) is 0 Å². The van der Waals surface area contributed by atoms with Gasteiger partial charge in [0.05, 0.1) is 0 Å². The smallest absolute Gasteiger partial charge is 0.270 e. The highest BCUT2D eigenvalue weighted by molar-refractivity contribution is 5.96. The molecule has 1 N–H and O–H groups in total. The molecule has 3 nitrogen and oxygen atoms in total. The summed E-state index contributed by atoms with van der Waals surface area (Å²) in [5.41, 5.74) is 1.24. The molecule has 0 spiro atoms. The minimum Gasteiger partial charge on any atom is -0.475 e. The average Bonchev–Trinajstić information content (AvgIpc) is 2.74. The van der Waals surface area contributed by atoms with Gasteiger partial charge in [-0.05, 0) is 35.7 Å². The van der Waals surface area contributed by atoms with Crippen molar-refractivity contribution in [2.45, 2.75) is 6.10 Å². The number of anilines is 1. The van der Waals surface area contributed by atoms with Gasteiger partial charge in [-0.3, -0.25) is 4.79 Å². The number of hydrogen-bond donors (Lipinski definition) is 1. The number of benzene rings is 4. The highest BCUT2D eigenvalue weighted by Gasteiger charge is 2.23. The van der Waals surface area contributed by atoms with Crippen LogP contribution in [0.4, 0.5) is 10.1 Å². The maximum Gasteiger partial charge on any atom is 0.270 e. The lowest BCUT2D eigenvalue weighted by atomic mass is 10.1. The summed E-state index contributed by atoms with van der Waals surface area (Å²) in [4.78, 5) is 13.0. The molecular formula is C24H18FNO2. The Balaban J connectivity index is 1.67. The number of hydrogen-bond acceptors (Lipinski definition) is 2. The van der Waals surface area contributed by atoms with Crippen LogP contribution in [0.1, 0.15) is 11.7 Å². The van der Waals surface area contributed by atoms with Gasteiger partial charge in [-0.1, -0.05) is 66.7 Å². The Morgan fingerprint density at radius 2 is 1.46 bits per heavy atom. The largest absolute Gasteiger partial charge is 0.475 e. The van der Waals surface area contributed by atoms with Crippen LogP contribution in [0.15, 0.2) is 97.1 Å². The first kappa shape index (κ1) is 17.7. The summed E-state index contributed by atoms with van der Waals surface area (Å²) in [5, 5.41) is 4.77. The molecule has 4 heteroatoms. The number of rotatable bonds is 5. The Morgan fingerprint density at radius 3 is 2.25 bits per heavy atom. The maximum atomic E-state index is 13.1.